The van der Waals surface area contributed by atoms with Gasteiger partial charge >= 0.3 is 0 Å². The Bertz CT molecular complexity index is 1530. The molecule has 1 aliphatic carbocycles. The van der Waals surface area contributed by atoms with Crippen molar-refractivity contribution in [2.75, 3.05) is 0 Å². The Labute approximate surface area is 221 Å². The van der Waals surface area contributed by atoms with Gasteiger partial charge in [-0.3, -0.25) is 4.99 Å². The topological polar surface area (TPSA) is 67.1 Å². The highest BCUT2D eigenvalue weighted by Crippen LogP contribution is 2.48. The van der Waals surface area contributed by atoms with E-state index in [2.05, 4.69) is 44.3 Å². The van der Waals surface area contributed by atoms with Crippen molar-refractivity contribution >= 4 is 39.3 Å². The predicted octanol–water partition coefficient (Wildman–Crippen LogP) is 7.83. The predicted molar refractivity (Wildman–Crippen MR) is 147 cm³/mol. The van der Waals surface area contributed by atoms with Crippen molar-refractivity contribution in [1.29, 1.82) is 0 Å². The van der Waals surface area contributed by atoms with E-state index in [0.29, 0.717) is 23.0 Å². The molecule has 184 valence electrons. The average molecular weight is 598 g/mol. The van der Waals surface area contributed by atoms with Crippen LogP contribution >= 0.6 is 22.6 Å². The monoisotopic (exact) mass is 598 g/mol. The van der Waals surface area contributed by atoms with Gasteiger partial charge in [-0.2, -0.15) is 0 Å². The van der Waals surface area contributed by atoms with Crippen molar-refractivity contribution in [3.63, 3.8) is 0 Å². The van der Waals surface area contributed by atoms with Gasteiger partial charge in [-0.15, -0.1) is 0 Å². The number of benzene rings is 2. The summed E-state index contributed by atoms with van der Waals surface area (Å²) in [5.74, 6) is 0.707. The molecule has 1 saturated carbocycles. The molecule has 8 heteroatoms. The Morgan fingerprint density at radius 2 is 2.00 bits per heavy atom. The molecular formula is C28H25F2IN4O. The van der Waals surface area contributed by atoms with Crippen LogP contribution in [-0.2, 0) is 3.42 Å². The summed E-state index contributed by atoms with van der Waals surface area (Å²) in [6, 6.07) is 7.69. The molecule has 1 unspecified atom stereocenters. The van der Waals surface area contributed by atoms with E-state index < -0.39 is 15.1 Å². The molecule has 5 nitrogen and oxygen atoms in total. The molecule has 1 fully saturated rings. The first-order valence-electron chi connectivity index (χ1n) is 11.7. The van der Waals surface area contributed by atoms with Gasteiger partial charge in [0.1, 0.15) is 26.6 Å². The third-order valence-corrected chi connectivity index (χ3v) is 8.50. The summed E-state index contributed by atoms with van der Waals surface area (Å²) in [5, 5.41) is 4.13. The molecule has 2 aromatic carbocycles. The number of hydrogen-bond donors (Lipinski definition) is 1. The minimum Gasteiger partial charge on any atom is -0.361 e. The van der Waals surface area contributed by atoms with E-state index in [-0.39, 0.29) is 0 Å². The van der Waals surface area contributed by atoms with Gasteiger partial charge in [0.2, 0.25) is 0 Å². The minimum atomic E-state index is -1.09. The number of nitrogens with one attached hydrogen (secondary N) is 1. The maximum atomic E-state index is 15.4. The summed E-state index contributed by atoms with van der Waals surface area (Å²) in [7, 11) is 0. The standard InChI is InChI=1S/C28H25F2IN4O/c1-5-6-11-32-17(4)28(31,21-10-9-20(29)14-23(21)30)22-12-19(25-15(2)35-36-16(25)3)13-24-26(22)34-27(33-24)18-7-8-18/h5-6,9-14,18H,1,7-8H2,2-4H3,(H,33,34)/b11-6-,32-17+. The molecule has 0 radical (unpaired) electrons. The molecule has 0 amide bonds. The number of aromatic amines is 1. The normalized spacial score (nSPS) is 16.1. The smallest absolute Gasteiger partial charge is 0.141 e. The quantitative estimate of drug-likeness (QED) is 0.102. The average Bonchev–Trinajstić information content (AvgIpc) is 3.52. The largest absolute Gasteiger partial charge is 0.361 e. The molecule has 0 saturated heterocycles. The molecule has 0 aliphatic heterocycles. The molecule has 36 heavy (non-hydrogen) atoms. The lowest BCUT2D eigenvalue weighted by atomic mass is 9.84. The zero-order valence-corrected chi connectivity index (χ0v) is 22.4. The van der Waals surface area contributed by atoms with Crippen LogP contribution in [0.2, 0.25) is 0 Å². The van der Waals surface area contributed by atoms with Crippen LogP contribution in [0.1, 0.15) is 54.1 Å². The molecule has 2 heterocycles. The zero-order chi connectivity index (χ0) is 25.6. The Morgan fingerprint density at radius 3 is 2.64 bits per heavy atom. The first-order chi connectivity index (χ1) is 17.2. The maximum absolute atomic E-state index is 15.4. The number of hydrogen-bond acceptors (Lipinski definition) is 4. The second-order valence-electron chi connectivity index (χ2n) is 9.09. The highest BCUT2D eigenvalue weighted by molar-refractivity contribution is 14.1. The van der Waals surface area contributed by atoms with Gasteiger partial charge in [-0.1, -0.05) is 46.5 Å². The van der Waals surface area contributed by atoms with E-state index in [1.165, 1.54) is 12.1 Å². The molecule has 2 aromatic heterocycles. The van der Waals surface area contributed by atoms with Crippen LogP contribution in [0.25, 0.3) is 22.2 Å². The van der Waals surface area contributed by atoms with Crippen LogP contribution in [0.5, 0.6) is 0 Å². The number of halogens is 3. The van der Waals surface area contributed by atoms with Crippen molar-refractivity contribution in [2.24, 2.45) is 4.99 Å². The summed E-state index contributed by atoms with van der Waals surface area (Å²) >= 11 is 2.22. The number of aryl methyl sites for hydroxylation is 2. The van der Waals surface area contributed by atoms with Gasteiger partial charge in [-0.05, 0) is 63.5 Å². The van der Waals surface area contributed by atoms with Crippen LogP contribution in [-0.4, -0.2) is 20.8 Å². The Hall–Kier alpha value is -3.14. The number of nitrogens with zero attached hydrogens (tertiary/aromatic N) is 3. The molecule has 0 bridgehead atoms. The molecular weight excluding hydrogens is 573 g/mol. The number of fused-ring (bicyclic) bond motifs is 1. The van der Waals surface area contributed by atoms with Gasteiger partial charge in [0.05, 0.1) is 16.7 Å². The third kappa shape index (κ3) is 4.21. The number of allylic oxidation sites excluding steroid dienone is 2. The summed E-state index contributed by atoms with van der Waals surface area (Å²) in [5.41, 5.74) is 5.72. The first-order valence-corrected chi connectivity index (χ1v) is 12.8. The van der Waals surface area contributed by atoms with Crippen molar-refractivity contribution in [3.05, 3.63) is 95.3 Å². The number of aromatic nitrogens is 3. The van der Waals surface area contributed by atoms with Gasteiger partial charge in [-0.25, -0.2) is 13.8 Å². The fourth-order valence-electron chi connectivity index (χ4n) is 4.60. The van der Waals surface area contributed by atoms with Crippen LogP contribution in [0.3, 0.4) is 0 Å². The number of H-pyrrole nitrogens is 1. The van der Waals surface area contributed by atoms with E-state index in [4.69, 9.17) is 9.51 Å². The molecule has 1 atom stereocenters. The van der Waals surface area contributed by atoms with Crippen LogP contribution < -0.4 is 0 Å². The van der Waals surface area contributed by atoms with E-state index in [9.17, 15) is 4.39 Å². The zero-order valence-electron chi connectivity index (χ0n) is 20.2. The molecule has 4 aromatic rings. The van der Waals surface area contributed by atoms with E-state index in [0.717, 1.165) is 58.2 Å². The number of alkyl halides is 1. The van der Waals surface area contributed by atoms with Crippen LogP contribution in [0, 0.1) is 25.5 Å². The highest BCUT2D eigenvalue weighted by atomic mass is 127. The summed E-state index contributed by atoms with van der Waals surface area (Å²) in [4.78, 5) is 13.1. The molecule has 1 aliphatic rings. The molecule has 0 spiro atoms. The summed E-state index contributed by atoms with van der Waals surface area (Å²) < 4.78 is 33.7. The lowest BCUT2D eigenvalue weighted by molar-refractivity contribution is 0.393. The summed E-state index contributed by atoms with van der Waals surface area (Å²) in [6.45, 7) is 9.29. The van der Waals surface area contributed by atoms with Crippen molar-refractivity contribution in [1.82, 2.24) is 15.1 Å². The van der Waals surface area contributed by atoms with Crippen molar-refractivity contribution < 1.29 is 13.3 Å². The van der Waals surface area contributed by atoms with Crippen LogP contribution in [0.4, 0.5) is 8.78 Å². The lowest BCUT2D eigenvalue weighted by Crippen LogP contribution is -2.30. The lowest BCUT2D eigenvalue weighted by Gasteiger charge is -2.30. The van der Waals surface area contributed by atoms with E-state index in [1.807, 2.05) is 32.9 Å². The summed E-state index contributed by atoms with van der Waals surface area (Å²) in [6.07, 6.45) is 7.11. The Kier molecular flexibility index (Phi) is 6.40. The van der Waals surface area contributed by atoms with Gasteiger partial charge in [0.25, 0.3) is 0 Å². The van der Waals surface area contributed by atoms with Gasteiger partial charge in [0.15, 0.2) is 0 Å². The van der Waals surface area contributed by atoms with Gasteiger partial charge < -0.3 is 9.51 Å². The fraction of sp³-hybridized carbons (Fsp3) is 0.250. The second kappa shape index (κ2) is 9.38. The van der Waals surface area contributed by atoms with E-state index in [1.54, 1.807) is 18.4 Å². The second-order valence-corrected chi connectivity index (χ2v) is 10.7. The Morgan fingerprint density at radius 1 is 1.22 bits per heavy atom. The third-order valence-electron chi connectivity index (χ3n) is 6.55. The number of aliphatic imine (C=N–C) groups is 1. The number of rotatable bonds is 7. The fourth-order valence-corrected chi connectivity index (χ4v) is 5.58. The highest BCUT2D eigenvalue weighted by Gasteiger charge is 2.40. The van der Waals surface area contributed by atoms with Crippen molar-refractivity contribution in [3.8, 4) is 11.1 Å². The molecule has 5 rings (SSSR count). The number of imidazole rings is 1. The molecule has 1 N–H and O–H groups in total. The maximum Gasteiger partial charge on any atom is 0.141 e. The Balaban J connectivity index is 1.86. The minimum absolute atomic E-state index is 0.297. The van der Waals surface area contributed by atoms with Crippen LogP contribution in [0.15, 0.2) is 64.8 Å². The first kappa shape index (κ1) is 24.5. The van der Waals surface area contributed by atoms with Crippen molar-refractivity contribution in [2.45, 2.75) is 43.0 Å². The SMILES string of the molecule is C=C/C=C\N=C(/C)C(I)(c1ccc(F)cc1F)c1cc(-c2c(C)noc2C)cc2[nH]c(C3CC3)nc12. The van der Waals surface area contributed by atoms with E-state index >= 15 is 4.39 Å². The van der Waals surface area contributed by atoms with Gasteiger partial charge in [0, 0.05) is 40.6 Å².